The van der Waals surface area contributed by atoms with E-state index < -0.39 is 0 Å². The van der Waals surface area contributed by atoms with Crippen LogP contribution < -0.4 is 5.32 Å². The normalized spacial score (nSPS) is 12.7. The van der Waals surface area contributed by atoms with Crippen molar-refractivity contribution in [3.63, 3.8) is 0 Å². The Kier molecular flexibility index (Phi) is 5.76. The maximum Gasteiger partial charge on any atom is 0.0758 e. The second-order valence-corrected chi connectivity index (χ2v) is 8.57. The molecule has 0 aliphatic rings. The van der Waals surface area contributed by atoms with Crippen LogP contribution >= 0.6 is 66.4 Å². The summed E-state index contributed by atoms with van der Waals surface area (Å²) < 4.78 is 2.23. The molecule has 0 aliphatic heterocycles. The SMILES string of the molecule is CNC(Cc1cccc(Cl)c1Cl)c1cc(Br)sc1Br. The quantitative estimate of drug-likeness (QED) is 0.603. The van der Waals surface area contributed by atoms with Crippen molar-refractivity contribution >= 4 is 66.4 Å². The zero-order valence-corrected chi connectivity index (χ0v) is 15.5. The van der Waals surface area contributed by atoms with E-state index in [1.165, 1.54) is 5.56 Å². The van der Waals surface area contributed by atoms with Gasteiger partial charge in [-0.25, -0.2) is 0 Å². The summed E-state index contributed by atoms with van der Waals surface area (Å²) in [6, 6.07) is 8.04. The van der Waals surface area contributed by atoms with Crippen LogP contribution in [0.4, 0.5) is 0 Å². The van der Waals surface area contributed by atoms with Crippen LogP contribution in [-0.2, 0) is 6.42 Å². The molecule has 0 radical (unpaired) electrons. The Morgan fingerprint density at radius 1 is 1.32 bits per heavy atom. The molecule has 0 fully saturated rings. The summed E-state index contributed by atoms with van der Waals surface area (Å²) in [6.45, 7) is 0. The van der Waals surface area contributed by atoms with Crippen LogP contribution in [0.25, 0.3) is 0 Å². The summed E-state index contributed by atoms with van der Waals surface area (Å²) in [7, 11) is 1.95. The highest BCUT2D eigenvalue weighted by Gasteiger charge is 2.18. The van der Waals surface area contributed by atoms with Gasteiger partial charge in [0.15, 0.2) is 0 Å². The first kappa shape index (κ1) is 15.8. The number of hydrogen-bond donors (Lipinski definition) is 1. The Balaban J connectivity index is 2.29. The fraction of sp³-hybridized carbons (Fsp3) is 0.231. The zero-order valence-electron chi connectivity index (χ0n) is 10.0. The Labute approximate surface area is 143 Å². The van der Waals surface area contributed by atoms with Crippen molar-refractivity contribution in [2.45, 2.75) is 12.5 Å². The van der Waals surface area contributed by atoms with Crippen molar-refractivity contribution in [3.05, 3.63) is 53.0 Å². The van der Waals surface area contributed by atoms with Crippen molar-refractivity contribution < 1.29 is 0 Å². The molecule has 1 unspecified atom stereocenters. The maximum atomic E-state index is 6.25. The van der Waals surface area contributed by atoms with Gasteiger partial charge in [0.05, 0.1) is 17.6 Å². The predicted octanol–water partition coefficient (Wildman–Crippen LogP) is 6.08. The summed E-state index contributed by atoms with van der Waals surface area (Å²) in [6.07, 6.45) is 0.789. The van der Waals surface area contributed by atoms with Crippen molar-refractivity contribution in [1.82, 2.24) is 5.32 Å². The van der Waals surface area contributed by atoms with E-state index in [1.807, 2.05) is 19.2 Å². The third-order valence-corrected chi connectivity index (χ3v) is 6.11. The summed E-state index contributed by atoms with van der Waals surface area (Å²) in [5, 5.41) is 4.55. The van der Waals surface area contributed by atoms with E-state index >= 15 is 0 Å². The van der Waals surface area contributed by atoms with Crippen LogP contribution in [0.3, 0.4) is 0 Å². The number of thiophene rings is 1. The van der Waals surface area contributed by atoms with Gasteiger partial charge in [0.1, 0.15) is 0 Å². The van der Waals surface area contributed by atoms with Gasteiger partial charge < -0.3 is 5.32 Å². The molecule has 102 valence electrons. The van der Waals surface area contributed by atoms with Gasteiger partial charge in [-0.1, -0.05) is 35.3 Å². The molecule has 0 saturated carbocycles. The van der Waals surface area contributed by atoms with Gasteiger partial charge in [0.2, 0.25) is 0 Å². The van der Waals surface area contributed by atoms with Crippen molar-refractivity contribution in [3.8, 4) is 0 Å². The predicted molar refractivity (Wildman–Crippen MR) is 91.7 cm³/mol. The number of hydrogen-bond acceptors (Lipinski definition) is 2. The highest BCUT2D eigenvalue weighted by atomic mass is 79.9. The molecule has 19 heavy (non-hydrogen) atoms. The van der Waals surface area contributed by atoms with Gasteiger partial charge in [0.25, 0.3) is 0 Å². The number of rotatable bonds is 4. The van der Waals surface area contributed by atoms with E-state index in [-0.39, 0.29) is 6.04 Å². The first-order chi connectivity index (χ1) is 9.02. The highest BCUT2D eigenvalue weighted by Crippen LogP contribution is 2.37. The average Bonchev–Trinajstić information content (AvgIpc) is 2.70. The van der Waals surface area contributed by atoms with Crippen molar-refractivity contribution in [2.75, 3.05) is 7.05 Å². The molecule has 1 atom stereocenters. The van der Waals surface area contributed by atoms with Crippen LogP contribution in [0, 0.1) is 0 Å². The van der Waals surface area contributed by atoms with Gasteiger partial charge >= 0.3 is 0 Å². The summed E-state index contributed by atoms with van der Waals surface area (Å²) >= 11 is 21.1. The molecule has 1 heterocycles. The smallest absolute Gasteiger partial charge is 0.0758 e. The Morgan fingerprint density at radius 2 is 2.05 bits per heavy atom. The fourth-order valence-corrected chi connectivity index (χ4v) is 5.26. The Bertz CT molecular complexity index is 586. The minimum absolute atomic E-state index is 0.188. The van der Waals surface area contributed by atoms with E-state index in [4.69, 9.17) is 23.2 Å². The Hall–Kier alpha value is 0.420. The van der Waals surface area contributed by atoms with E-state index in [0.29, 0.717) is 10.0 Å². The molecule has 0 spiro atoms. The maximum absolute atomic E-state index is 6.25. The second-order valence-electron chi connectivity index (χ2n) is 4.04. The molecular weight excluding hydrogens is 433 g/mol. The third-order valence-electron chi connectivity index (χ3n) is 2.86. The minimum Gasteiger partial charge on any atom is -0.313 e. The lowest BCUT2D eigenvalue weighted by Crippen LogP contribution is -2.18. The molecule has 6 heteroatoms. The molecule has 0 aliphatic carbocycles. The lowest BCUT2D eigenvalue weighted by Gasteiger charge is -2.17. The first-order valence-electron chi connectivity index (χ1n) is 5.57. The topological polar surface area (TPSA) is 12.0 Å². The number of likely N-dealkylation sites (N-methyl/N-ethyl adjacent to an activating group) is 1. The first-order valence-corrected chi connectivity index (χ1v) is 8.73. The molecule has 0 bridgehead atoms. The molecule has 0 saturated heterocycles. The molecule has 2 aromatic rings. The highest BCUT2D eigenvalue weighted by molar-refractivity contribution is 9.12. The lowest BCUT2D eigenvalue weighted by molar-refractivity contribution is 0.592. The summed E-state index contributed by atoms with van der Waals surface area (Å²) in [4.78, 5) is 0. The fourth-order valence-electron chi connectivity index (χ4n) is 1.88. The largest absolute Gasteiger partial charge is 0.313 e. The van der Waals surface area contributed by atoms with E-state index in [1.54, 1.807) is 17.4 Å². The monoisotopic (exact) mass is 441 g/mol. The summed E-state index contributed by atoms with van der Waals surface area (Å²) in [5.41, 5.74) is 2.26. The van der Waals surface area contributed by atoms with Crippen molar-refractivity contribution in [2.24, 2.45) is 0 Å². The van der Waals surface area contributed by atoms with Crippen LogP contribution in [0.2, 0.25) is 10.0 Å². The molecule has 1 aromatic heterocycles. The van der Waals surface area contributed by atoms with Gasteiger partial charge in [0, 0.05) is 6.04 Å². The molecule has 2 rings (SSSR count). The average molecular weight is 444 g/mol. The van der Waals surface area contributed by atoms with Crippen LogP contribution in [0.1, 0.15) is 17.2 Å². The van der Waals surface area contributed by atoms with E-state index in [9.17, 15) is 0 Å². The molecule has 1 N–H and O–H groups in total. The zero-order chi connectivity index (χ0) is 14.0. The van der Waals surface area contributed by atoms with Crippen LogP contribution in [0.15, 0.2) is 31.8 Å². The molecule has 1 aromatic carbocycles. The Morgan fingerprint density at radius 3 is 2.63 bits per heavy atom. The van der Waals surface area contributed by atoms with Gasteiger partial charge in [-0.15, -0.1) is 11.3 Å². The van der Waals surface area contributed by atoms with Gasteiger partial charge in [-0.05, 0) is 68.6 Å². The molecule has 0 amide bonds. The molecule has 1 nitrogen and oxygen atoms in total. The second kappa shape index (κ2) is 6.92. The van der Waals surface area contributed by atoms with Gasteiger partial charge in [-0.3, -0.25) is 0 Å². The van der Waals surface area contributed by atoms with E-state index in [0.717, 1.165) is 19.6 Å². The standard InChI is InChI=1S/C13H11Br2Cl2NS/c1-18-10(8-6-11(14)19-13(8)15)5-7-3-2-4-9(16)12(7)17/h2-4,6,10,18H,5H2,1H3. The number of nitrogens with one attached hydrogen (secondary N) is 1. The van der Waals surface area contributed by atoms with Gasteiger partial charge in [-0.2, -0.15) is 0 Å². The van der Waals surface area contributed by atoms with Crippen molar-refractivity contribution in [1.29, 1.82) is 0 Å². The lowest BCUT2D eigenvalue weighted by atomic mass is 10.0. The van der Waals surface area contributed by atoms with Crippen LogP contribution in [0.5, 0.6) is 0 Å². The van der Waals surface area contributed by atoms with E-state index in [2.05, 4.69) is 43.2 Å². The van der Waals surface area contributed by atoms with Crippen LogP contribution in [-0.4, -0.2) is 7.05 Å². The third kappa shape index (κ3) is 3.74. The number of benzene rings is 1. The minimum atomic E-state index is 0.188. The summed E-state index contributed by atoms with van der Waals surface area (Å²) in [5.74, 6) is 0. The number of halogens is 4. The molecular formula is C13H11Br2Cl2NS.